The lowest BCUT2D eigenvalue weighted by Crippen LogP contribution is -2.43. The second-order valence-electron chi connectivity index (χ2n) is 4.72. The van der Waals surface area contributed by atoms with Crippen LogP contribution in [0.2, 0.25) is 5.02 Å². The summed E-state index contributed by atoms with van der Waals surface area (Å²) in [5.41, 5.74) is 6.27. The van der Waals surface area contributed by atoms with Crippen LogP contribution in [0.5, 0.6) is 0 Å². The van der Waals surface area contributed by atoms with Crippen LogP contribution in [-0.2, 0) is 0 Å². The van der Waals surface area contributed by atoms with Crippen LogP contribution in [0.3, 0.4) is 0 Å². The molecule has 3 nitrogen and oxygen atoms in total. The molecule has 5 heteroatoms. The maximum Gasteiger partial charge on any atom is 0.146 e. The first-order chi connectivity index (χ1) is 7.93. The molecule has 0 aliphatic heterocycles. The van der Waals surface area contributed by atoms with Crippen molar-refractivity contribution in [1.29, 1.82) is 0 Å². The van der Waals surface area contributed by atoms with Crippen LogP contribution in [0.1, 0.15) is 24.8 Å². The van der Waals surface area contributed by atoms with Crippen molar-refractivity contribution in [3.05, 3.63) is 22.5 Å². The van der Waals surface area contributed by atoms with Gasteiger partial charge in [-0.05, 0) is 37.8 Å². The Labute approximate surface area is 105 Å². The fourth-order valence-electron chi connectivity index (χ4n) is 1.97. The third kappa shape index (κ3) is 2.33. The van der Waals surface area contributed by atoms with Gasteiger partial charge in [-0.2, -0.15) is 0 Å². The van der Waals surface area contributed by atoms with Gasteiger partial charge in [-0.3, -0.25) is 0 Å². The Kier molecular flexibility index (Phi) is 3.19. The smallest absolute Gasteiger partial charge is 0.146 e. The predicted molar refractivity (Wildman–Crippen MR) is 67.8 cm³/mol. The second kappa shape index (κ2) is 4.35. The van der Waals surface area contributed by atoms with Gasteiger partial charge in [0.2, 0.25) is 0 Å². The Morgan fingerprint density at radius 2 is 2.24 bits per heavy atom. The van der Waals surface area contributed by atoms with Crippen molar-refractivity contribution in [2.24, 2.45) is 0 Å². The van der Waals surface area contributed by atoms with Crippen LogP contribution in [0.4, 0.5) is 15.8 Å². The standard InChI is InChI=1S/C12H16ClFN2O/c1-7-5-8(15)11(9(13)10(7)14)16-6-12(17)3-2-4-12/h5,16-17H,2-4,6,15H2,1H3. The van der Waals surface area contributed by atoms with Crippen LogP contribution in [0.25, 0.3) is 0 Å². The number of nitrogens with two attached hydrogens (primary N) is 1. The first kappa shape index (κ1) is 12.5. The Hall–Kier alpha value is -1.00. The van der Waals surface area contributed by atoms with Gasteiger partial charge in [0.25, 0.3) is 0 Å². The molecule has 0 amide bonds. The van der Waals surface area contributed by atoms with Crippen molar-refractivity contribution < 1.29 is 9.50 Å². The molecule has 1 aromatic carbocycles. The summed E-state index contributed by atoms with van der Waals surface area (Å²) in [7, 11) is 0. The number of rotatable bonds is 3. The highest BCUT2D eigenvalue weighted by molar-refractivity contribution is 6.34. The number of hydrogen-bond donors (Lipinski definition) is 3. The van der Waals surface area contributed by atoms with Crippen molar-refractivity contribution in [3.8, 4) is 0 Å². The maximum absolute atomic E-state index is 13.6. The number of halogens is 2. The lowest BCUT2D eigenvalue weighted by Gasteiger charge is -2.37. The fraction of sp³-hybridized carbons (Fsp3) is 0.500. The van der Waals surface area contributed by atoms with Crippen LogP contribution >= 0.6 is 11.6 Å². The number of benzene rings is 1. The molecule has 0 heterocycles. The van der Waals surface area contributed by atoms with Gasteiger partial charge < -0.3 is 16.2 Å². The van der Waals surface area contributed by atoms with Gasteiger partial charge in [-0.25, -0.2) is 4.39 Å². The van der Waals surface area contributed by atoms with Gasteiger partial charge in [0.05, 0.1) is 17.0 Å². The first-order valence-corrected chi connectivity index (χ1v) is 6.01. The number of nitrogen functional groups attached to an aromatic ring is 1. The van der Waals surface area contributed by atoms with Crippen molar-refractivity contribution in [2.45, 2.75) is 31.8 Å². The minimum atomic E-state index is -0.697. The second-order valence-corrected chi connectivity index (χ2v) is 5.10. The molecule has 1 aliphatic rings. The van der Waals surface area contributed by atoms with Gasteiger partial charge in [-0.15, -0.1) is 0 Å². The normalized spacial score (nSPS) is 17.6. The Balaban J connectivity index is 2.18. The summed E-state index contributed by atoms with van der Waals surface area (Å²) < 4.78 is 13.6. The summed E-state index contributed by atoms with van der Waals surface area (Å²) in [4.78, 5) is 0. The Morgan fingerprint density at radius 3 is 2.76 bits per heavy atom. The third-order valence-electron chi connectivity index (χ3n) is 3.30. The van der Waals surface area contributed by atoms with Crippen molar-refractivity contribution >= 4 is 23.0 Å². The summed E-state index contributed by atoms with van der Waals surface area (Å²) in [5, 5.41) is 12.9. The highest BCUT2D eigenvalue weighted by atomic mass is 35.5. The summed E-state index contributed by atoms with van der Waals surface area (Å²) >= 11 is 5.89. The van der Waals surface area contributed by atoms with E-state index in [-0.39, 0.29) is 5.02 Å². The molecule has 1 aliphatic carbocycles. The molecule has 0 bridgehead atoms. The fourth-order valence-corrected chi connectivity index (χ4v) is 2.30. The molecule has 1 saturated carbocycles. The van der Waals surface area contributed by atoms with E-state index in [2.05, 4.69) is 5.32 Å². The van der Waals surface area contributed by atoms with E-state index in [4.69, 9.17) is 17.3 Å². The van der Waals surface area contributed by atoms with Crippen molar-refractivity contribution in [2.75, 3.05) is 17.6 Å². The number of aryl methyl sites for hydroxylation is 1. The molecule has 17 heavy (non-hydrogen) atoms. The van der Waals surface area contributed by atoms with E-state index >= 15 is 0 Å². The Bertz CT molecular complexity index is 447. The minimum absolute atomic E-state index is 0.00887. The molecule has 0 spiro atoms. The van der Waals surface area contributed by atoms with E-state index in [0.29, 0.717) is 23.5 Å². The van der Waals surface area contributed by atoms with E-state index in [1.165, 1.54) is 6.07 Å². The highest BCUT2D eigenvalue weighted by Crippen LogP contribution is 2.36. The molecule has 2 rings (SSSR count). The van der Waals surface area contributed by atoms with Crippen molar-refractivity contribution in [3.63, 3.8) is 0 Å². The summed E-state index contributed by atoms with van der Waals surface area (Å²) in [6, 6.07) is 1.54. The van der Waals surface area contributed by atoms with Crippen LogP contribution in [-0.4, -0.2) is 17.3 Å². The molecule has 1 fully saturated rings. The predicted octanol–water partition coefficient (Wildman–Crippen LogP) is 2.70. The number of anilines is 2. The Morgan fingerprint density at radius 1 is 1.59 bits per heavy atom. The summed E-state index contributed by atoms with van der Waals surface area (Å²) in [6.07, 6.45) is 2.53. The number of nitrogens with one attached hydrogen (secondary N) is 1. The topological polar surface area (TPSA) is 58.3 Å². The molecule has 0 atom stereocenters. The number of aliphatic hydroxyl groups is 1. The molecular weight excluding hydrogens is 243 g/mol. The van der Waals surface area contributed by atoms with E-state index < -0.39 is 11.4 Å². The van der Waals surface area contributed by atoms with Gasteiger partial charge in [0, 0.05) is 6.54 Å². The third-order valence-corrected chi connectivity index (χ3v) is 3.65. The van der Waals surface area contributed by atoms with Gasteiger partial charge in [-0.1, -0.05) is 11.6 Å². The zero-order valence-corrected chi connectivity index (χ0v) is 10.4. The largest absolute Gasteiger partial charge is 0.397 e. The zero-order chi connectivity index (χ0) is 12.6. The lowest BCUT2D eigenvalue weighted by molar-refractivity contribution is -0.0201. The summed E-state index contributed by atoms with van der Waals surface area (Å²) in [5.74, 6) is -0.469. The molecule has 1 aromatic rings. The van der Waals surface area contributed by atoms with Crippen molar-refractivity contribution in [1.82, 2.24) is 0 Å². The molecule has 0 saturated heterocycles. The molecule has 0 unspecified atom stereocenters. The first-order valence-electron chi connectivity index (χ1n) is 5.63. The maximum atomic E-state index is 13.6. The monoisotopic (exact) mass is 258 g/mol. The van der Waals surface area contributed by atoms with Gasteiger partial charge in [0.1, 0.15) is 10.8 Å². The highest BCUT2D eigenvalue weighted by Gasteiger charge is 2.34. The number of hydrogen-bond acceptors (Lipinski definition) is 3. The lowest BCUT2D eigenvalue weighted by atomic mass is 9.80. The molecule has 4 N–H and O–H groups in total. The van der Waals surface area contributed by atoms with Gasteiger partial charge >= 0.3 is 0 Å². The van der Waals surface area contributed by atoms with E-state index in [1.807, 2.05) is 0 Å². The van der Waals surface area contributed by atoms with E-state index in [1.54, 1.807) is 6.92 Å². The van der Waals surface area contributed by atoms with Crippen LogP contribution in [0.15, 0.2) is 6.07 Å². The average Bonchev–Trinajstić information content (AvgIpc) is 2.23. The molecule has 0 aromatic heterocycles. The van der Waals surface area contributed by atoms with Crippen LogP contribution < -0.4 is 11.1 Å². The van der Waals surface area contributed by atoms with Crippen LogP contribution in [0, 0.1) is 12.7 Å². The van der Waals surface area contributed by atoms with Gasteiger partial charge in [0.15, 0.2) is 0 Å². The zero-order valence-electron chi connectivity index (χ0n) is 9.69. The summed E-state index contributed by atoms with van der Waals surface area (Å²) in [6.45, 7) is 1.96. The van der Waals surface area contributed by atoms with E-state index in [9.17, 15) is 9.50 Å². The molecular formula is C12H16ClFN2O. The average molecular weight is 259 g/mol. The minimum Gasteiger partial charge on any atom is -0.397 e. The molecule has 0 radical (unpaired) electrons. The quantitative estimate of drug-likeness (QED) is 0.731. The SMILES string of the molecule is Cc1cc(N)c(NCC2(O)CCC2)c(Cl)c1F. The van der Waals surface area contributed by atoms with E-state index in [0.717, 1.165) is 19.3 Å². The molecule has 94 valence electrons.